The number of nitrogens with one attached hydrogen (secondary N) is 1. The van der Waals surface area contributed by atoms with Crippen molar-refractivity contribution >= 4 is 22.0 Å². The number of H-pyrrole nitrogens is 1. The summed E-state index contributed by atoms with van der Waals surface area (Å²) >= 11 is 3.51. The van der Waals surface area contributed by atoms with Gasteiger partial charge in [0.2, 0.25) is 0 Å². The molecule has 6 heteroatoms. The Hall–Kier alpha value is -1.82. The van der Waals surface area contributed by atoms with Crippen LogP contribution in [0, 0.1) is 0 Å². The number of carbonyl (C=O) groups is 1. The van der Waals surface area contributed by atoms with Crippen molar-refractivity contribution in [3.63, 3.8) is 0 Å². The van der Waals surface area contributed by atoms with Crippen LogP contribution in [0.15, 0.2) is 22.7 Å². The topological polar surface area (TPSA) is 69.2 Å². The second-order valence-electron chi connectivity index (χ2n) is 5.88. The van der Waals surface area contributed by atoms with E-state index in [0.29, 0.717) is 6.54 Å². The number of benzene rings is 1. The minimum absolute atomic E-state index is 0.137. The van der Waals surface area contributed by atoms with Crippen LogP contribution in [-0.2, 0) is 12.8 Å². The Kier molecular flexibility index (Phi) is 3.22. The van der Waals surface area contributed by atoms with Gasteiger partial charge in [-0.1, -0.05) is 22.0 Å². The van der Waals surface area contributed by atoms with Crippen LogP contribution in [0.1, 0.15) is 36.0 Å². The van der Waals surface area contributed by atoms with Gasteiger partial charge in [-0.05, 0) is 43.4 Å². The van der Waals surface area contributed by atoms with E-state index in [1.807, 2.05) is 6.07 Å². The molecule has 2 N–H and O–H groups in total. The Morgan fingerprint density at radius 3 is 3.09 bits per heavy atom. The van der Waals surface area contributed by atoms with Crippen LogP contribution in [-0.4, -0.2) is 32.6 Å². The molecule has 1 saturated heterocycles. The van der Waals surface area contributed by atoms with Crippen molar-refractivity contribution < 1.29 is 9.90 Å². The first-order valence-electron chi connectivity index (χ1n) is 7.50. The quantitative estimate of drug-likeness (QED) is 0.812. The van der Waals surface area contributed by atoms with E-state index < -0.39 is 6.09 Å². The summed E-state index contributed by atoms with van der Waals surface area (Å²) in [6.07, 6.45) is 2.78. The van der Waals surface area contributed by atoms with Crippen molar-refractivity contribution in [1.82, 2.24) is 14.9 Å². The van der Waals surface area contributed by atoms with Crippen LogP contribution < -0.4 is 0 Å². The molecule has 0 saturated carbocycles. The summed E-state index contributed by atoms with van der Waals surface area (Å²) in [6, 6.07) is 6.13. The summed E-state index contributed by atoms with van der Waals surface area (Å²) in [5.41, 5.74) is 4.57. The molecule has 1 aromatic carbocycles. The van der Waals surface area contributed by atoms with E-state index >= 15 is 0 Å². The maximum atomic E-state index is 11.3. The summed E-state index contributed by atoms with van der Waals surface area (Å²) in [7, 11) is 0. The fourth-order valence-electron chi connectivity index (χ4n) is 3.53. The van der Waals surface area contributed by atoms with Crippen molar-refractivity contribution in [2.24, 2.45) is 0 Å². The number of imidazole rings is 1. The molecule has 5 nitrogen and oxygen atoms in total. The van der Waals surface area contributed by atoms with E-state index in [1.54, 1.807) is 0 Å². The second-order valence-corrected chi connectivity index (χ2v) is 6.80. The van der Waals surface area contributed by atoms with Crippen LogP contribution in [0.2, 0.25) is 0 Å². The highest BCUT2D eigenvalue weighted by molar-refractivity contribution is 9.10. The van der Waals surface area contributed by atoms with Gasteiger partial charge in [0.05, 0.1) is 11.7 Å². The molecular formula is C16H16BrN3O2. The zero-order valence-corrected chi connectivity index (χ0v) is 13.6. The highest BCUT2D eigenvalue weighted by Crippen LogP contribution is 2.37. The molecule has 22 heavy (non-hydrogen) atoms. The molecule has 2 aliphatic rings. The first-order chi connectivity index (χ1) is 10.6. The van der Waals surface area contributed by atoms with Crippen LogP contribution in [0.4, 0.5) is 4.79 Å². The lowest BCUT2D eigenvalue weighted by Crippen LogP contribution is -2.29. The van der Waals surface area contributed by atoms with E-state index in [-0.39, 0.29) is 6.04 Å². The highest BCUT2D eigenvalue weighted by atomic mass is 79.9. The van der Waals surface area contributed by atoms with Gasteiger partial charge in [0.1, 0.15) is 5.82 Å². The zero-order valence-electron chi connectivity index (χ0n) is 12.0. The SMILES string of the molecule is O=C(O)N1CCCC1c1nc2c([nH]1)CCc1cc(Br)ccc1-2. The van der Waals surface area contributed by atoms with E-state index in [2.05, 4.69) is 33.0 Å². The Balaban J connectivity index is 1.75. The summed E-state index contributed by atoms with van der Waals surface area (Å²) in [5, 5.41) is 9.32. The van der Waals surface area contributed by atoms with Gasteiger partial charge in [-0.2, -0.15) is 0 Å². The molecule has 4 rings (SSSR count). The Morgan fingerprint density at radius 2 is 2.27 bits per heavy atom. The molecule has 1 fully saturated rings. The molecule has 1 amide bonds. The number of amides is 1. The molecular weight excluding hydrogens is 346 g/mol. The van der Waals surface area contributed by atoms with Gasteiger partial charge in [0.25, 0.3) is 0 Å². The monoisotopic (exact) mass is 361 g/mol. The van der Waals surface area contributed by atoms with Gasteiger partial charge < -0.3 is 10.1 Å². The van der Waals surface area contributed by atoms with Gasteiger partial charge >= 0.3 is 6.09 Å². The third kappa shape index (κ3) is 2.13. The number of carboxylic acid groups (broad SMARTS) is 1. The van der Waals surface area contributed by atoms with E-state index in [9.17, 15) is 9.90 Å². The molecule has 1 unspecified atom stereocenters. The normalized spacial score (nSPS) is 19.9. The lowest BCUT2D eigenvalue weighted by atomic mass is 9.92. The third-order valence-corrected chi connectivity index (χ3v) is 5.07. The Morgan fingerprint density at radius 1 is 1.41 bits per heavy atom. The van der Waals surface area contributed by atoms with Crippen LogP contribution >= 0.6 is 15.9 Å². The molecule has 1 aromatic heterocycles. The molecule has 0 bridgehead atoms. The first-order valence-corrected chi connectivity index (χ1v) is 8.30. The van der Waals surface area contributed by atoms with Crippen LogP contribution in [0.3, 0.4) is 0 Å². The van der Waals surface area contributed by atoms with E-state index in [0.717, 1.165) is 52.9 Å². The van der Waals surface area contributed by atoms with Crippen molar-refractivity contribution in [3.8, 4) is 11.3 Å². The number of rotatable bonds is 1. The smallest absolute Gasteiger partial charge is 0.407 e. The fraction of sp³-hybridized carbons (Fsp3) is 0.375. The second kappa shape index (κ2) is 5.12. The van der Waals surface area contributed by atoms with Gasteiger partial charge in [0.15, 0.2) is 0 Å². The lowest BCUT2D eigenvalue weighted by Gasteiger charge is -2.19. The van der Waals surface area contributed by atoms with Crippen LogP contribution in [0.5, 0.6) is 0 Å². The highest BCUT2D eigenvalue weighted by Gasteiger charge is 2.33. The van der Waals surface area contributed by atoms with Gasteiger partial charge in [0, 0.05) is 22.3 Å². The first kappa shape index (κ1) is 13.8. The molecule has 0 radical (unpaired) electrons. The number of aryl methyl sites for hydroxylation is 2. The summed E-state index contributed by atoms with van der Waals surface area (Å²) in [5.74, 6) is 0.792. The Bertz CT molecular complexity index is 756. The maximum Gasteiger partial charge on any atom is 0.407 e. The molecule has 1 aliphatic heterocycles. The number of halogens is 1. The molecule has 1 atom stereocenters. The largest absolute Gasteiger partial charge is 0.465 e. The molecule has 114 valence electrons. The summed E-state index contributed by atoms with van der Waals surface area (Å²) in [4.78, 5) is 21.0. The van der Waals surface area contributed by atoms with Gasteiger partial charge in [-0.3, -0.25) is 4.90 Å². The zero-order chi connectivity index (χ0) is 15.3. The minimum Gasteiger partial charge on any atom is -0.465 e. The minimum atomic E-state index is -0.860. The maximum absolute atomic E-state index is 11.3. The van der Waals surface area contributed by atoms with Crippen molar-refractivity contribution in [2.75, 3.05) is 6.54 Å². The number of fused-ring (bicyclic) bond motifs is 3. The standard InChI is InChI=1S/C16H16BrN3O2/c17-10-4-5-11-9(8-10)3-6-12-14(11)19-15(18-12)13-2-1-7-20(13)16(21)22/h4-5,8,13H,1-3,6-7H2,(H,18,19)(H,21,22). The molecule has 1 aliphatic carbocycles. The van der Waals surface area contributed by atoms with Crippen LogP contribution in [0.25, 0.3) is 11.3 Å². The molecule has 2 aromatic rings. The van der Waals surface area contributed by atoms with Gasteiger partial charge in [-0.15, -0.1) is 0 Å². The number of nitrogens with zero attached hydrogens (tertiary/aromatic N) is 2. The number of likely N-dealkylation sites (tertiary alicyclic amines) is 1. The number of hydrogen-bond acceptors (Lipinski definition) is 2. The summed E-state index contributed by atoms with van der Waals surface area (Å²) in [6.45, 7) is 0.592. The predicted octanol–water partition coefficient (Wildman–Crippen LogP) is 3.75. The third-order valence-electron chi connectivity index (χ3n) is 4.58. The van der Waals surface area contributed by atoms with E-state index in [1.165, 1.54) is 10.5 Å². The average molecular weight is 362 g/mol. The fourth-order valence-corrected chi connectivity index (χ4v) is 3.94. The summed E-state index contributed by atoms with van der Waals surface area (Å²) < 4.78 is 1.08. The molecule has 0 spiro atoms. The Labute approximate surface area is 136 Å². The average Bonchev–Trinajstić information content (AvgIpc) is 3.12. The van der Waals surface area contributed by atoms with Crippen molar-refractivity contribution in [1.29, 1.82) is 0 Å². The molecule has 2 heterocycles. The van der Waals surface area contributed by atoms with Crippen molar-refractivity contribution in [2.45, 2.75) is 31.7 Å². The number of hydrogen-bond donors (Lipinski definition) is 2. The van der Waals surface area contributed by atoms with Crippen molar-refractivity contribution in [3.05, 3.63) is 39.8 Å². The van der Waals surface area contributed by atoms with E-state index in [4.69, 9.17) is 4.98 Å². The number of aromatic amines is 1. The lowest BCUT2D eigenvalue weighted by molar-refractivity contribution is 0.139. The predicted molar refractivity (Wildman–Crippen MR) is 85.8 cm³/mol. The number of aromatic nitrogens is 2. The van der Waals surface area contributed by atoms with Gasteiger partial charge in [-0.25, -0.2) is 9.78 Å².